The Morgan fingerprint density at radius 1 is 0.971 bits per heavy atom. The lowest BCUT2D eigenvalue weighted by atomic mass is 10.1. The average Bonchev–Trinajstić information content (AvgIpc) is 3.26. The predicted molar refractivity (Wildman–Crippen MR) is 116 cm³/mol. The summed E-state index contributed by atoms with van der Waals surface area (Å²) in [5.41, 5.74) is -3.75. The highest BCUT2D eigenvalue weighted by Gasteiger charge is 2.37. The molecule has 2 aromatic carbocycles. The first kappa shape index (κ1) is 23.3. The molecule has 0 bridgehead atoms. The molecule has 0 aliphatic carbocycles. The quantitative estimate of drug-likeness (QED) is 0.272. The lowest BCUT2D eigenvalue weighted by Gasteiger charge is -2.16. The zero-order chi connectivity index (χ0) is 24.6. The maximum absolute atomic E-state index is 14.3. The molecule has 0 spiro atoms. The Morgan fingerprint density at radius 3 is 2.26 bits per heavy atom. The summed E-state index contributed by atoms with van der Waals surface area (Å²) in [5, 5.41) is 9.26. The number of pyridine rings is 1. The molecule has 4 nitrogen and oxygen atoms in total. The number of rotatable bonds is 4. The van der Waals surface area contributed by atoms with Gasteiger partial charge in [-0.25, -0.2) is 8.78 Å². The lowest BCUT2D eigenvalue weighted by molar-refractivity contribution is -0.137. The Kier molecular flexibility index (Phi) is 6.06. The molecule has 0 unspecified atom stereocenters. The van der Waals surface area contributed by atoms with Crippen molar-refractivity contribution in [2.75, 3.05) is 0 Å². The van der Waals surface area contributed by atoms with Crippen LogP contribution in [0.15, 0.2) is 74.8 Å². The van der Waals surface area contributed by atoms with Crippen LogP contribution in [0.1, 0.15) is 16.7 Å². The largest absolute Gasteiger partial charge is 0.455 e. The monoisotopic (exact) mass is 488 g/mol. The number of halogens is 5. The van der Waals surface area contributed by atoms with Crippen LogP contribution < -0.4 is 5.56 Å². The molecule has 4 rings (SSSR count). The van der Waals surface area contributed by atoms with Crippen molar-refractivity contribution in [2.24, 2.45) is 0 Å². The molecule has 172 valence electrons. The first-order chi connectivity index (χ1) is 16.1. The molecule has 0 aliphatic rings. The van der Waals surface area contributed by atoms with Crippen molar-refractivity contribution < 1.29 is 26.4 Å². The van der Waals surface area contributed by atoms with Crippen LogP contribution in [-0.4, -0.2) is 4.57 Å². The summed E-state index contributed by atoms with van der Waals surface area (Å²) in [5.74, 6) is -1.67. The van der Waals surface area contributed by atoms with Gasteiger partial charge in [-0.3, -0.25) is 9.36 Å². The van der Waals surface area contributed by atoms with Crippen molar-refractivity contribution in [1.29, 1.82) is 5.26 Å². The van der Waals surface area contributed by atoms with E-state index in [1.54, 1.807) is 24.3 Å². The predicted octanol–water partition coefficient (Wildman–Crippen LogP) is 6.28. The highest BCUT2D eigenvalue weighted by Crippen LogP contribution is 2.35. The number of benzene rings is 2. The number of thiol groups is 1. The van der Waals surface area contributed by atoms with Gasteiger partial charge in [0.15, 0.2) is 5.76 Å². The summed E-state index contributed by atoms with van der Waals surface area (Å²) < 4.78 is 75.1. The first-order valence-corrected chi connectivity index (χ1v) is 10.1. The van der Waals surface area contributed by atoms with Gasteiger partial charge in [-0.1, -0.05) is 18.2 Å². The Hall–Kier alpha value is -3.84. The first-order valence-electron chi connectivity index (χ1n) is 9.67. The number of nitrogens with zero attached hydrogens (tertiary/aromatic N) is 2. The minimum Gasteiger partial charge on any atom is -0.455 e. The van der Waals surface area contributed by atoms with Gasteiger partial charge in [-0.2, -0.15) is 18.4 Å². The van der Waals surface area contributed by atoms with E-state index in [0.29, 0.717) is 28.4 Å². The minimum atomic E-state index is -5.00. The van der Waals surface area contributed by atoms with Crippen molar-refractivity contribution >= 4 is 12.6 Å². The number of hydrogen-bond acceptors (Lipinski definition) is 4. The average molecular weight is 488 g/mol. The smallest absolute Gasteiger partial charge is 0.417 e. The van der Waals surface area contributed by atoms with E-state index in [1.165, 1.54) is 18.2 Å². The van der Waals surface area contributed by atoms with Crippen LogP contribution in [0.2, 0.25) is 0 Å². The van der Waals surface area contributed by atoms with Gasteiger partial charge in [-0.15, -0.1) is 12.6 Å². The summed E-state index contributed by atoms with van der Waals surface area (Å²) in [6.07, 6.45) is -5.00. The molecule has 0 saturated carbocycles. The summed E-state index contributed by atoms with van der Waals surface area (Å²) in [6.45, 7) is -0.558. The number of aromatic nitrogens is 1. The molecule has 0 aliphatic heterocycles. The second kappa shape index (κ2) is 8.83. The molecular formula is C24H13F5N2O2S. The Bertz CT molecular complexity index is 1480. The summed E-state index contributed by atoms with van der Waals surface area (Å²) in [7, 11) is 0. The summed E-state index contributed by atoms with van der Waals surface area (Å²) in [6, 6.07) is 14.1. The molecule has 0 fully saturated rings. The molecule has 0 saturated heterocycles. The fourth-order valence-electron chi connectivity index (χ4n) is 3.42. The third-order valence-electron chi connectivity index (χ3n) is 5.07. The van der Waals surface area contributed by atoms with Crippen LogP contribution in [0, 0.1) is 23.0 Å². The molecule has 0 atom stereocenters. The highest BCUT2D eigenvalue weighted by atomic mass is 32.1. The van der Waals surface area contributed by atoms with Gasteiger partial charge in [0.05, 0.1) is 17.8 Å². The van der Waals surface area contributed by atoms with Gasteiger partial charge in [0.1, 0.15) is 29.0 Å². The van der Waals surface area contributed by atoms with Crippen LogP contribution in [0.25, 0.3) is 22.8 Å². The number of nitriles is 1. The minimum absolute atomic E-state index is 0.112. The van der Waals surface area contributed by atoms with Gasteiger partial charge in [-0.05, 0) is 36.4 Å². The van der Waals surface area contributed by atoms with Gasteiger partial charge in [0.2, 0.25) is 0 Å². The standard InChI is InChI=1S/C24H13F5N2O2S/c25-15-4-1-14(19(26)9-15)12-31-20(10-18(24(27,28)29)17(11-30)23(31)32)22-8-7-21(33-22)13-2-5-16(34)6-3-13/h1-10,34H,12H2. The maximum atomic E-state index is 14.3. The van der Waals surface area contributed by atoms with E-state index in [4.69, 9.17) is 4.42 Å². The Balaban J connectivity index is 1.93. The molecule has 34 heavy (non-hydrogen) atoms. The van der Waals surface area contributed by atoms with E-state index in [-0.39, 0.29) is 17.0 Å². The zero-order valence-electron chi connectivity index (χ0n) is 17.0. The fraction of sp³-hybridized carbons (Fsp3) is 0.0833. The maximum Gasteiger partial charge on any atom is 0.417 e. The van der Waals surface area contributed by atoms with Gasteiger partial charge in [0, 0.05) is 22.1 Å². The summed E-state index contributed by atoms with van der Waals surface area (Å²) in [4.78, 5) is 13.6. The summed E-state index contributed by atoms with van der Waals surface area (Å²) >= 11 is 4.19. The normalized spacial score (nSPS) is 11.4. The Morgan fingerprint density at radius 2 is 1.65 bits per heavy atom. The SMILES string of the molecule is N#Cc1c(C(F)(F)F)cc(-c2ccc(-c3ccc(S)cc3)o2)n(Cc2ccc(F)cc2F)c1=O. The van der Waals surface area contributed by atoms with Crippen LogP contribution >= 0.6 is 12.6 Å². The van der Waals surface area contributed by atoms with Crippen molar-refractivity contribution in [1.82, 2.24) is 4.57 Å². The molecule has 2 heterocycles. The third-order valence-corrected chi connectivity index (χ3v) is 5.37. The second-order valence-electron chi connectivity index (χ2n) is 7.27. The molecule has 0 amide bonds. The lowest BCUT2D eigenvalue weighted by Crippen LogP contribution is -2.29. The van der Waals surface area contributed by atoms with E-state index in [1.807, 2.05) is 0 Å². The molecule has 0 radical (unpaired) electrons. The van der Waals surface area contributed by atoms with E-state index < -0.39 is 41.0 Å². The topological polar surface area (TPSA) is 58.9 Å². The zero-order valence-corrected chi connectivity index (χ0v) is 17.9. The number of alkyl halides is 3. The number of hydrogen-bond donors (Lipinski definition) is 1. The second-order valence-corrected chi connectivity index (χ2v) is 7.78. The van der Waals surface area contributed by atoms with Gasteiger partial charge < -0.3 is 4.42 Å². The van der Waals surface area contributed by atoms with Crippen LogP contribution in [0.5, 0.6) is 0 Å². The van der Waals surface area contributed by atoms with Crippen LogP contribution in [0.3, 0.4) is 0 Å². The van der Waals surface area contributed by atoms with E-state index in [0.717, 1.165) is 16.7 Å². The number of furan rings is 1. The van der Waals surface area contributed by atoms with Crippen molar-refractivity contribution in [3.63, 3.8) is 0 Å². The van der Waals surface area contributed by atoms with Crippen molar-refractivity contribution in [2.45, 2.75) is 17.6 Å². The Labute approximate surface area is 194 Å². The fourth-order valence-corrected chi connectivity index (χ4v) is 3.56. The van der Waals surface area contributed by atoms with Crippen molar-refractivity contribution in [3.05, 3.63) is 99.3 Å². The third kappa shape index (κ3) is 4.47. The van der Waals surface area contributed by atoms with Gasteiger partial charge >= 0.3 is 6.18 Å². The van der Waals surface area contributed by atoms with E-state index >= 15 is 0 Å². The van der Waals surface area contributed by atoms with Crippen molar-refractivity contribution in [3.8, 4) is 28.8 Å². The molecule has 2 aromatic heterocycles. The highest BCUT2D eigenvalue weighted by molar-refractivity contribution is 7.80. The van der Waals surface area contributed by atoms with Crippen LogP contribution in [0.4, 0.5) is 22.0 Å². The molecular weight excluding hydrogens is 475 g/mol. The molecule has 4 aromatic rings. The van der Waals surface area contributed by atoms with Gasteiger partial charge in [0.25, 0.3) is 5.56 Å². The van der Waals surface area contributed by atoms with E-state index in [2.05, 4.69) is 12.6 Å². The van der Waals surface area contributed by atoms with Crippen LogP contribution in [-0.2, 0) is 12.7 Å². The molecule has 10 heteroatoms. The molecule has 0 N–H and O–H groups in total. The van der Waals surface area contributed by atoms with E-state index in [9.17, 15) is 32.0 Å².